The molecular weight excluding hydrogens is 202 g/mol. The molecule has 0 saturated carbocycles. The average Bonchev–Trinajstić information content (AvgIpc) is 2.15. The zero-order valence-electron chi connectivity index (χ0n) is 8.37. The molecule has 0 fully saturated rings. The van der Waals surface area contributed by atoms with Gasteiger partial charge in [-0.3, -0.25) is 4.98 Å². The first-order valence-electron chi connectivity index (χ1n) is 4.43. The van der Waals surface area contributed by atoms with E-state index in [1.807, 2.05) is 6.92 Å². The Morgan fingerprint density at radius 2 is 2.36 bits per heavy atom. The molecule has 0 aliphatic heterocycles. The second-order valence-electron chi connectivity index (χ2n) is 3.04. The molecule has 3 nitrogen and oxygen atoms in total. The van der Waals surface area contributed by atoms with Crippen LogP contribution in [0.5, 0.6) is 0 Å². The minimum atomic E-state index is 0.0702. The van der Waals surface area contributed by atoms with Gasteiger partial charge in [-0.25, -0.2) is 0 Å². The Morgan fingerprint density at radius 3 is 3.00 bits per heavy atom. The first-order chi connectivity index (χ1) is 6.72. The Bertz CT molecular complexity index is 281. The summed E-state index contributed by atoms with van der Waals surface area (Å²) in [6.07, 6.45) is 1.74. The summed E-state index contributed by atoms with van der Waals surface area (Å²) in [4.78, 5) is 4.12. The quantitative estimate of drug-likeness (QED) is 0.755. The third-order valence-corrected chi connectivity index (χ3v) is 1.93. The standard InChI is InChI=1S/C10H14ClNO2/c1-8(6-13-2)14-7-10-5-9(11)3-4-12-10/h3-5,8H,6-7H2,1-2H3. The Kier molecular flexibility index (Phi) is 4.87. The van der Waals surface area contributed by atoms with Gasteiger partial charge < -0.3 is 9.47 Å². The number of hydrogen-bond donors (Lipinski definition) is 0. The summed E-state index contributed by atoms with van der Waals surface area (Å²) in [5, 5.41) is 0.679. The van der Waals surface area contributed by atoms with E-state index in [0.717, 1.165) is 5.69 Å². The molecular formula is C10H14ClNO2. The predicted molar refractivity (Wildman–Crippen MR) is 55.4 cm³/mol. The SMILES string of the molecule is COCC(C)OCc1cc(Cl)ccn1. The normalized spacial score (nSPS) is 12.8. The molecule has 0 amide bonds. The zero-order chi connectivity index (χ0) is 10.4. The van der Waals surface area contributed by atoms with Crippen molar-refractivity contribution in [2.45, 2.75) is 19.6 Å². The van der Waals surface area contributed by atoms with Crippen LogP contribution < -0.4 is 0 Å². The van der Waals surface area contributed by atoms with Crippen molar-refractivity contribution >= 4 is 11.6 Å². The van der Waals surface area contributed by atoms with E-state index in [4.69, 9.17) is 21.1 Å². The topological polar surface area (TPSA) is 31.4 Å². The Balaban J connectivity index is 2.37. The van der Waals surface area contributed by atoms with Crippen molar-refractivity contribution in [1.29, 1.82) is 0 Å². The van der Waals surface area contributed by atoms with Crippen LogP contribution in [0.3, 0.4) is 0 Å². The maximum atomic E-state index is 5.80. The molecule has 0 radical (unpaired) electrons. The van der Waals surface area contributed by atoms with Crippen LogP contribution in [0.4, 0.5) is 0 Å². The van der Waals surface area contributed by atoms with Crippen LogP contribution in [0.2, 0.25) is 5.02 Å². The number of hydrogen-bond acceptors (Lipinski definition) is 3. The van der Waals surface area contributed by atoms with E-state index in [0.29, 0.717) is 18.2 Å². The number of aromatic nitrogens is 1. The van der Waals surface area contributed by atoms with E-state index in [9.17, 15) is 0 Å². The van der Waals surface area contributed by atoms with Crippen LogP contribution in [-0.2, 0) is 16.1 Å². The van der Waals surface area contributed by atoms with Gasteiger partial charge in [-0.1, -0.05) is 11.6 Å². The predicted octanol–water partition coefficient (Wildman–Crippen LogP) is 2.29. The fourth-order valence-corrected chi connectivity index (χ4v) is 1.22. The molecule has 0 aliphatic rings. The number of ether oxygens (including phenoxy) is 2. The van der Waals surface area contributed by atoms with Gasteiger partial charge in [0, 0.05) is 18.3 Å². The lowest BCUT2D eigenvalue weighted by Crippen LogP contribution is -2.14. The molecule has 1 aromatic heterocycles. The number of rotatable bonds is 5. The lowest BCUT2D eigenvalue weighted by atomic mass is 10.3. The van der Waals surface area contributed by atoms with Crippen LogP contribution in [-0.4, -0.2) is 24.8 Å². The van der Waals surface area contributed by atoms with Crippen molar-refractivity contribution < 1.29 is 9.47 Å². The maximum Gasteiger partial charge on any atom is 0.0893 e. The van der Waals surface area contributed by atoms with Crippen molar-refractivity contribution in [2.75, 3.05) is 13.7 Å². The summed E-state index contributed by atoms with van der Waals surface area (Å²) >= 11 is 5.80. The van der Waals surface area contributed by atoms with Crippen LogP contribution in [0, 0.1) is 0 Å². The van der Waals surface area contributed by atoms with Crippen molar-refractivity contribution in [3.05, 3.63) is 29.0 Å². The Morgan fingerprint density at radius 1 is 1.57 bits per heavy atom. The smallest absolute Gasteiger partial charge is 0.0893 e. The molecule has 1 aromatic rings. The number of pyridine rings is 1. The van der Waals surface area contributed by atoms with E-state index in [1.165, 1.54) is 0 Å². The molecule has 0 aliphatic carbocycles. The molecule has 0 aromatic carbocycles. The summed E-state index contributed by atoms with van der Waals surface area (Å²) in [7, 11) is 1.65. The van der Waals surface area contributed by atoms with E-state index in [2.05, 4.69) is 4.98 Å². The largest absolute Gasteiger partial charge is 0.382 e. The molecule has 4 heteroatoms. The highest BCUT2D eigenvalue weighted by Gasteiger charge is 2.02. The second-order valence-corrected chi connectivity index (χ2v) is 3.48. The van der Waals surface area contributed by atoms with Gasteiger partial charge in [0.15, 0.2) is 0 Å². The fraction of sp³-hybridized carbons (Fsp3) is 0.500. The van der Waals surface area contributed by atoms with Gasteiger partial charge in [0.05, 0.1) is 25.0 Å². The minimum Gasteiger partial charge on any atom is -0.382 e. The number of methoxy groups -OCH3 is 1. The highest BCUT2D eigenvalue weighted by molar-refractivity contribution is 6.30. The highest BCUT2D eigenvalue weighted by atomic mass is 35.5. The first kappa shape index (κ1) is 11.4. The van der Waals surface area contributed by atoms with Gasteiger partial charge in [-0.2, -0.15) is 0 Å². The van der Waals surface area contributed by atoms with Crippen molar-refractivity contribution in [3.8, 4) is 0 Å². The van der Waals surface area contributed by atoms with Crippen molar-refractivity contribution in [3.63, 3.8) is 0 Å². The molecule has 1 rings (SSSR count). The monoisotopic (exact) mass is 215 g/mol. The minimum absolute atomic E-state index is 0.0702. The first-order valence-corrected chi connectivity index (χ1v) is 4.81. The summed E-state index contributed by atoms with van der Waals surface area (Å²) in [6.45, 7) is 3.00. The lowest BCUT2D eigenvalue weighted by Gasteiger charge is -2.11. The third-order valence-electron chi connectivity index (χ3n) is 1.70. The molecule has 1 atom stereocenters. The molecule has 0 saturated heterocycles. The van der Waals surface area contributed by atoms with Gasteiger partial charge in [0.25, 0.3) is 0 Å². The van der Waals surface area contributed by atoms with E-state index in [1.54, 1.807) is 25.4 Å². The van der Waals surface area contributed by atoms with Crippen molar-refractivity contribution in [1.82, 2.24) is 4.98 Å². The molecule has 0 N–H and O–H groups in total. The summed E-state index contributed by atoms with van der Waals surface area (Å²) in [5.74, 6) is 0. The fourth-order valence-electron chi connectivity index (χ4n) is 1.04. The van der Waals surface area contributed by atoms with Crippen LogP contribution in [0.15, 0.2) is 18.3 Å². The average molecular weight is 216 g/mol. The maximum absolute atomic E-state index is 5.80. The van der Waals surface area contributed by atoms with E-state index in [-0.39, 0.29) is 6.10 Å². The highest BCUT2D eigenvalue weighted by Crippen LogP contribution is 2.09. The molecule has 0 spiro atoms. The Labute approximate surface area is 89.0 Å². The van der Waals surface area contributed by atoms with Gasteiger partial charge in [-0.15, -0.1) is 0 Å². The van der Waals surface area contributed by atoms with E-state index >= 15 is 0 Å². The van der Waals surface area contributed by atoms with Crippen molar-refractivity contribution in [2.24, 2.45) is 0 Å². The van der Waals surface area contributed by atoms with Crippen LogP contribution >= 0.6 is 11.6 Å². The molecule has 0 bridgehead atoms. The van der Waals surface area contributed by atoms with Gasteiger partial charge in [0.1, 0.15) is 0 Å². The summed E-state index contributed by atoms with van der Waals surface area (Å²) < 4.78 is 10.4. The number of halogens is 1. The van der Waals surface area contributed by atoms with Gasteiger partial charge >= 0.3 is 0 Å². The summed E-state index contributed by atoms with van der Waals surface area (Å²) in [6, 6.07) is 3.53. The second kappa shape index (κ2) is 5.96. The van der Waals surface area contributed by atoms with Gasteiger partial charge in [-0.05, 0) is 19.1 Å². The molecule has 1 unspecified atom stereocenters. The zero-order valence-corrected chi connectivity index (χ0v) is 9.12. The summed E-state index contributed by atoms with van der Waals surface area (Å²) in [5.41, 5.74) is 0.834. The van der Waals surface area contributed by atoms with E-state index < -0.39 is 0 Å². The molecule has 78 valence electrons. The van der Waals surface area contributed by atoms with Crippen LogP contribution in [0.25, 0.3) is 0 Å². The van der Waals surface area contributed by atoms with Gasteiger partial charge in [0.2, 0.25) is 0 Å². The lowest BCUT2D eigenvalue weighted by molar-refractivity contribution is -0.00136. The third kappa shape index (κ3) is 4.05. The Hall–Kier alpha value is -0.640. The molecule has 1 heterocycles. The number of nitrogens with zero attached hydrogens (tertiary/aromatic N) is 1. The molecule has 14 heavy (non-hydrogen) atoms. The van der Waals surface area contributed by atoms with Crippen LogP contribution in [0.1, 0.15) is 12.6 Å².